The van der Waals surface area contributed by atoms with Gasteiger partial charge in [0.1, 0.15) is 17.3 Å². The molecule has 0 radical (unpaired) electrons. The fraction of sp³-hybridized carbons (Fsp3) is 0.200. The number of carbonyl (C=O) groups excluding carboxylic acids is 2. The Bertz CT molecular complexity index is 1190. The van der Waals surface area contributed by atoms with Crippen LogP contribution in [0.15, 0.2) is 65.6 Å². The number of Topliss-reactive ketones (excluding diaryl/α,β-unsaturated/α-hetero) is 1. The Labute approximate surface area is 189 Å². The first-order chi connectivity index (χ1) is 15.4. The van der Waals surface area contributed by atoms with E-state index in [2.05, 4.69) is 0 Å². The van der Waals surface area contributed by atoms with Gasteiger partial charge >= 0.3 is 0 Å². The third kappa shape index (κ3) is 4.03. The third-order valence-corrected chi connectivity index (χ3v) is 6.52. The zero-order valence-corrected chi connectivity index (χ0v) is 18.5. The lowest BCUT2D eigenvalue weighted by molar-refractivity contribution is -0.139. The van der Waals surface area contributed by atoms with Crippen LogP contribution >= 0.6 is 11.3 Å². The van der Waals surface area contributed by atoms with Crippen LogP contribution < -0.4 is 4.74 Å². The minimum absolute atomic E-state index is 0.0739. The second kappa shape index (κ2) is 8.96. The summed E-state index contributed by atoms with van der Waals surface area (Å²) in [5.74, 6) is -1.27. The number of aryl methyl sites for hydroxylation is 1. The van der Waals surface area contributed by atoms with E-state index in [1.807, 2.05) is 24.4 Å². The van der Waals surface area contributed by atoms with Crippen LogP contribution in [0.25, 0.3) is 5.76 Å². The summed E-state index contributed by atoms with van der Waals surface area (Å²) in [5.41, 5.74) is 2.13. The molecule has 0 spiro atoms. The highest BCUT2D eigenvalue weighted by Gasteiger charge is 2.46. The topological polar surface area (TPSA) is 66.8 Å². The third-order valence-electron chi connectivity index (χ3n) is 5.60. The molecule has 1 fully saturated rings. The fourth-order valence-corrected chi connectivity index (χ4v) is 4.77. The molecule has 1 atom stereocenters. The Morgan fingerprint density at radius 1 is 1.16 bits per heavy atom. The van der Waals surface area contributed by atoms with E-state index in [0.717, 1.165) is 16.0 Å². The summed E-state index contributed by atoms with van der Waals surface area (Å²) in [6, 6.07) is 14.2. The second-order valence-corrected chi connectivity index (χ2v) is 8.54. The van der Waals surface area contributed by atoms with Gasteiger partial charge in [-0.1, -0.05) is 18.2 Å². The molecule has 1 aliphatic rings. The maximum atomic E-state index is 13.2. The molecule has 1 aromatic heterocycles. The highest BCUT2D eigenvalue weighted by molar-refractivity contribution is 7.10. The number of thiophene rings is 1. The van der Waals surface area contributed by atoms with Crippen molar-refractivity contribution in [3.8, 4) is 5.75 Å². The first-order valence-corrected chi connectivity index (χ1v) is 11.0. The zero-order valence-electron chi connectivity index (χ0n) is 17.7. The van der Waals surface area contributed by atoms with Crippen molar-refractivity contribution in [3.05, 3.63) is 92.9 Å². The number of hydrogen-bond acceptors (Lipinski definition) is 5. The number of aliphatic hydroxyl groups is 1. The van der Waals surface area contributed by atoms with Crippen molar-refractivity contribution in [2.24, 2.45) is 0 Å². The summed E-state index contributed by atoms with van der Waals surface area (Å²) in [4.78, 5) is 28.3. The van der Waals surface area contributed by atoms with Gasteiger partial charge in [0, 0.05) is 17.0 Å². The van der Waals surface area contributed by atoms with Crippen LogP contribution in [-0.4, -0.2) is 35.4 Å². The van der Waals surface area contributed by atoms with Crippen LogP contribution in [0.5, 0.6) is 5.75 Å². The molecule has 4 rings (SSSR count). The smallest absolute Gasteiger partial charge is 0.295 e. The quantitative estimate of drug-likeness (QED) is 0.330. The van der Waals surface area contributed by atoms with Crippen molar-refractivity contribution in [3.63, 3.8) is 0 Å². The number of ether oxygens (including phenoxy) is 1. The number of carbonyl (C=O) groups is 2. The molecular formula is C25H22FNO4S. The van der Waals surface area contributed by atoms with E-state index in [0.29, 0.717) is 17.7 Å². The molecular weight excluding hydrogens is 429 g/mol. The van der Waals surface area contributed by atoms with E-state index in [9.17, 15) is 19.1 Å². The van der Waals surface area contributed by atoms with Gasteiger partial charge in [0.15, 0.2) is 0 Å². The number of benzene rings is 2. The summed E-state index contributed by atoms with van der Waals surface area (Å²) in [6.45, 7) is 2.07. The predicted molar refractivity (Wildman–Crippen MR) is 121 cm³/mol. The van der Waals surface area contributed by atoms with Gasteiger partial charge in [0.05, 0.1) is 18.7 Å². The Hall–Kier alpha value is -3.45. The van der Waals surface area contributed by atoms with E-state index < -0.39 is 17.7 Å². The van der Waals surface area contributed by atoms with E-state index in [1.165, 1.54) is 28.4 Å². The van der Waals surface area contributed by atoms with Crippen LogP contribution in [0.2, 0.25) is 0 Å². The Kier molecular flexibility index (Phi) is 6.10. The normalized spacial score (nSPS) is 17.7. The highest BCUT2D eigenvalue weighted by Crippen LogP contribution is 2.41. The monoisotopic (exact) mass is 451 g/mol. The summed E-state index contributed by atoms with van der Waals surface area (Å²) in [5, 5.41) is 13.0. The van der Waals surface area contributed by atoms with Crippen molar-refractivity contribution in [2.75, 3.05) is 13.7 Å². The van der Waals surface area contributed by atoms with Crippen molar-refractivity contribution in [2.45, 2.75) is 19.4 Å². The second-order valence-electron chi connectivity index (χ2n) is 7.57. The van der Waals surface area contributed by atoms with Gasteiger partial charge in [-0.3, -0.25) is 9.59 Å². The van der Waals surface area contributed by atoms with Gasteiger partial charge in [0.2, 0.25) is 0 Å². The summed E-state index contributed by atoms with van der Waals surface area (Å²) in [6.07, 6.45) is 0.455. The SMILES string of the molecule is COc1ccc(/C(O)=C2/C(=O)C(=O)N(CCc3ccc(F)cc3)C2c2cccs2)c(C)c1. The lowest BCUT2D eigenvalue weighted by Gasteiger charge is -2.24. The van der Waals surface area contributed by atoms with Crippen LogP contribution in [0, 0.1) is 12.7 Å². The number of ketones is 1. The molecule has 1 amide bonds. The first-order valence-electron chi connectivity index (χ1n) is 10.1. The van der Waals surface area contributed by atoms with E-state index in [4.69, 9.17) is 4.74 Å². The van der Waals surface area contributed by atoms with Crippen LogP contribution in [0.3, 0.4) is 0 Å². The Morgan fingerprint density at radius 2 is 1.91 bits per heavy atom. The molecule has 7 heteroatoms. The minimum atomic E-state index is -0.713. The van der Waals surface area contributed by atoms with Crippen LogP contribution in [0.1, 0.15) is 27.6 Å². The highest BCUT2D eigenvalue weighted by atomic mass is 32.1. The standard InChI is InChI=1S/C25H22FNO4S/c1-15-14-18(31-2)9-10-19(15)23(28)21-22(20-4-3-13-32-20)27(25(30)24(21)29)12-11-16-5-7-17(26)8-6-16/h3-10,13-14,22,28H,11-12H2,1-2H3/b23-21-. The number of nitrogens with zero attached hydrogens (tertiary/aromatic N) is 1. The Morgan fingerprint density at radius 3 is 2.53 bits per heavy atom. The van der Waals surface area contributed by atoms with Gasteiger partial charge in [-0.25, -0.2) is 4.39 Å². The lowest BCUT2D eigenvalue weighted by Crippen LogP contribution is -2.31. The van der Waals surface area contributed by atoms with Gasteiger partial charge < -0.3 is 14.7 Å². The van der Waals surface area contributed by atoms with E-state index >= 15 is 0 Å². The average Bonchev–Trinajstić information content (AvgIpc) is 3.40. The Balaban J connectivity index is 1.74. The first kappa shape index (κ1) is 21.8. The molecule has 5 nitrogen and oxygen atoms in total. The maximum absolute atomic E-state index is 13.2. The van der Waals surface area contributed by atoms with Crippen molar-refractivity contribution in [1.29, 1.82) is 0 Å². The van der Waals surface area contributed by atoms with Crippen molar-refractivity contribution < 1.29 is 23.8 Å². The van der Waals surface area contributed by atoms with Gasteiger partial charge in [0.25, 0.3) is 11.7 Å². The maximum Gasteiger partial charge on any atom is 0.295 e. The van der Waals surface area contributed by atoms with E-state index in [1.54, 1.807) is 37.4 Å². The lowest BCUT2D eigenvalue weighted by atomic mass is 9.97. The summed E-state index contributed by atoms with van der Waals surface area (Å²) >= 11 is 1.42. The largest absolute Gasteiger partial charge is 0.507 e. The number of rotatable bonds is 6. The molecule has 0 bridgehead atoms. The number of hydrogen-bond donors (Lipinski definition) is 1. The van der Waals surface area contributed by atoms with Crippen molar-refractivity contribution >= 4 is 28.8 Å². The van der Waals surface area contributed by atoms with Gasteiger partial charge in [-0.05, 0) is 66.2 Å². The number of likely N-dealkylation sites (tertiary alicyclic amines) is 1. The molecule has 0 aliphatic carbocycles. The molecule has 1 saturated heterocycles. The van der Waals surface area contributed by atoms with E-state index in [-0.39, 0.29) is 23.7 Å². The number of amides is 1. The fourth-order valence-electron chi connectivity index (χ4n) is 3.93. The van der Waals surface area contributed by atoms with Gasteiger partial charge in [-0.2, -0.15) is 0 Å². The molecule has 164 valence electrons. The number of methoxy groups -OCH3 is 1. The number of halogens is 1. The van der Waals surface area contributed by atoms with Crippen LogP contribution in [0.4, 0.5) is 4.39 Å². The summed E-state index contributed by atoms with van der Waals surface area (Å²) in [7, 11) is 1.55. The van der Waals surface area contributed by atoms with Crippen LogP contribution in [-0.2, 0) is 16.0 Å². The molecule has 2 heterocycles. The molecule has 2 aromatic carbocycles. The molecule has 0 saturated carbocycles. The van der Waals surface area contributed by atoms with Crippen molar-refractivity contribution in [1.82, 2.24) is 4.90 Å². The minimum Gasteiger partial charge on any atom is -0.507 e. The summed E-state index contributed by atoms with van der Waals surface area (Å²) < 4.78 is 18.4. The molecule has 3 aromatic rings. The van der Waals surface area contributed by atoms with Gasteiger partial charge in [-0.15, -0.1) is 11.3 Å². The average molecular weight is 452 g/mol. The molecule has 1 aliphatic heterocycles. The zero-order chi connectivity index (χ0) is 22.8. The predicted octanol–water partition coefficient (Wildman–Crippen LogP) is 4.87. The number of aliphatic hydroxyl groups excluding tert-OH is 1. The molecule has 32 heavy (non-hydrogen) atoms. The molecule has 1 unspecified atom stereocenters. The molecule has 1 N–H and O–H groups in total.